The third kappa shape index (κ3) is 4.96. The lowest BCUT2D eigenvalue weighted by molar-refractivity contribution is -0.137. The Balaban J connectivity index is 1.60. The summed E-state index contributed by atoms with van der Waals surface area (Å²) in [6.45, 7) is 0.589. The largest absolute Gasteiger partial charge is 0.416 e. The Labute approximate surface area is 217 Å². The summed E-state index contributed by atoms with van der Waals surface area (Å²) in [6, 6.07) is 6.97. The Morgan fingerprint density at radius 1 is 1.08 bits per heavy atom. The van der Waals surface area contributed by atoms with Gasteiger partial charge in [-0.3, -0.25) is 9.59 Å². The van der Waals surface area contributed by atoms with Crippen LogP contribution >= 0.6 is 11.6 Å². The highest BCUT2D eigenvalue weighted by Gasteiger charge is 2.38. The zero-order valence-corrected chi connectivity index (χ0v) is 20.1. The first-order valence-corrected chi connectivity index (χ1v) is 11.8. The Bertz CT molecular complexity index is 1470. The summed E-state index contributed by atoms with van der Waals surface area (Å²) in [5, 5.41) is 18.8. The molecule has 5 rings (SSSR count). The van der Waals surface area contributed by atoms with Gasteiger partial charge in [-0.25, -0.2) is 8.78 Å². The van der Waals surface area contributed by atoms with Gasteiger partial charge in [-0.1, -0.05) is 11.6 Å². The van der Waals surface area contributed by atoms with Crippen molar-refractivity contribution in [2.45, 2.75) is 24.2 Å². The highest BCUT2D eigenvalue weighted by molar-refractivity contribution is 6.31. The molecule has 3 aromatic rings. The molecule has 0 saturated carbocycles. The molecule has 2 aliphatic heterocycles. The van der Waals surface area contributed by atoms with E-state index < -0.39 is 52.4 Å². The molecular formula is C26H19ClF5N3O3. The molecule has 198 valence electrons. The first-order valence-electron chi connectivity index (χ1n) is 11.4. The predicted molar refractivity (Wildman–Crippen MR) is 128 cm³/mol. The average molecular weight is 552 g/mol. The number of fused-ring (bicyclic) bond motifs is 1. The maximum atomic E-state index is 14.1. The number of carbonyl (C=O) groups is 2. The van der Waals surface area contributed by atoms with Crippen molar-refractivity contribution in [1.29, 1.82) is 0 Å². The molecule has 0 bridgehead atoms. The van der Waals surface area contributed by atoms with Crippen molar-refractivity contribution < 1.29 is 36.6 Å². The van der Waals surface area contributed by atoms with Gasteiger partial charge in [0, 0.05) is 52.5 Å². The van der Waals surface area contributed by atoms with Gasteiger partial charge in [0.25, 0.3) is 11.8 Å². The fourth-order valence-electron chi connectivity index (χ4n) is 4.66. The minimum Gasteiger partial charge on any atom is -0.387 e. The van der Waals surface area contributed by atoms with Crippen molar-refractivity contribution >= 4 is 29.1 Å². The van der Waals surface area contributed by atoms with Crippen LogP contribution in [-0.4, -0.2) is 35.6 Å². The first-order chi connectivity index (χ1) is 17.8. The number of rotatable bonds is 5. The number of aliphatic hydroxyl groups is 1. The molecule has 6 nitrogen and oxygen atoms in total. The third-order valence-electron chi connectivity index (χ3n) is 6.49. The maximum Gasteiger partial charge on any atom is 0.416 e. The second-order valence-corrected chi connectivity index (χ2v) is 9.77. The molecular weight excluding hydrogens is 533 g/mol. The number of hydrogen-bond acceptors (Lipinski definition) is 4. The second kappa shape index (κ2) is 9.33. The number of anilines is 1. The lowest BCUT2D eigenvalue weighted by atomic mass is 9.86. The van der Waals surface area contributed by atoms with Crippen LogP contribution in [0.25, 0.3) is 0 Å². The van der Waals surface area contributed by atoms with Gasteiger partial charge in [-0.2, -0.15) is 13.2 Å². The number of nitrogens with one attached hydrogen (secondary N) is 3. The molecule has 1 fully saturated rings. The smallest absolute Gasteiger partial charge is 0.387 e. The molecule has 2 aliphatic rings. The van der Waals surface area contributed by atoms with E-state index in [2.05, 4.69) is 16.0 Å². The molecule has 2 amide bonds. The zero-order chi connectivity index (χ0) is 27.4. The molecule has 0 spiro atoms. The number of alkyl halides is 3. The summed E-state index contributed by atoms with van der Waals surface area (Å²) in [6.07, 6.45) is -4.78. The molecule has 1 unspecified atom stereocenters. The zero-order valence-electron chi connectivity index (χ0n) is 19.3. The van der Waals surface area contributed by atoms with Gasteiger partial charge in [-0.15, -0.1) is 0 Å². The fraction of sp³-hybridized carbons (Fsp3) is 0.231. The lowest BCUT2D eigenvalue weighted by Gasteiger charge is -2.38. The number of hydrogen-bond donors (Lipinski definition) is 4. The summed E-state index contributed by atoms with van der Waals surface area (Å²) in [5.41, 5.74) is -2.08. The van der Waals surface area contributed by atoms with Gasteiger partial charge in [0.05, 0.1) is 17.2 Å². The summed E-state index contributed by atoms with van der Waals surface area (Å²) in [7, 11) is 0. The summed E-state index contributed by atoms with van der Waals surface area (Å²) < 4.78 is 67.7. The highest BCUT2D eigenvalue weighted by atomic mass is 35.5. The fourth-order valence-corrected chi connectivity index (χ4v) is 4.89. The predicted octanol–water partition coefficient (Wildman–Crippen LogP) is 4.60. The third-order valence-corrected chi connectivity index (χ3v) is 6.84. The van der Waals surface area contributed by atoms with E-state index in [-0.39, 0.29) is 39.9 Å². The Kier molecular flexibility index (Phi) is 6.41. The van der Waals surface area contributed by atoms with Crippen LogP contribution in [0.1, 0.15) is 49.0 Å². The molecule has 1 saturated heterocycles. The van der Waals surface area contributed by atoms with Crippen molar-refractivity contribution in [3.05, 3.63) is 98.6 Å². The number of halogens is 6. The topological polar surface area (TPSA) is 90.5 Å². The van der Waals surface area contributed by atoms with Crippen LogP contribution in [-0.2, 0) is 12.6 Å². The molecule has 3 aromatic carbocycles. The minimum absolute atomic E-state index is 0.0138. The standard InChI is InChI=1S/C26H19ClF5N3O3/c27-19-2-1-15(28)8-17(19)22-21-18(24(37)35-22)3-12(9-25(38)10-33-11-25)4-20(21)34-23(36)13-5-14(26(30,31)32)7-16(29)6-13/h1-8,22,33,38H,9-11H2,(H,34,36)(H,35,37). The van der Waals surface area contributed by atoms with Crippen LogP contribution in [0.4, 0.5) is 27.6 Å². The van der Waals surface area contributed by atoms with Gasteiger partial charge < -0.3 is 21.1 Å². The summed E-state index contributed by atoms with van der Waals surface area (Å²) in [4.78, 5) is 26.0. The molecule has 0 aromatic heterocycles. The van der Waals surface area contributed by atoms with E-state index >= 15 is 0 Å². The van der Waals surface area contributed by atoms with Crippen molar-refractivity contribution in [3.8, 4) is 0 Å². The normalized spacial score (nSPS) is 18.0. The Hall–Kier alpha value is -3.54. The molecule has 2 heterocycles. The highest BCUT2D eigenvalue weighted by Crippen LogP contribution is 2.41. The molecule has 38 heavy (non-hydrogen) atoms. The minimum atomic E-state index is -4.89. The van der Waals surface area contributed by atoms with E-state index in [1.807, 2.05) is 0 Å². The maximum absolute atomic E-state index is 14.1. The van der Waals surface area contributed by atoms with Crippen LogP contribution < -0.4 is 16.0 Å². The number of amides is 2. The van der Waals surface area contributed by atoms with Crippen LogP contribution in [0.5, 0.6) is 0 Å². The van der Waals surface area contributed by atoms with Gasteiger partial charge in [0.1, 0.15) is 11.6 Å². The molecule has 12 heteroatoms. The van der Waals surface area contributed by atoms with E-state index in [4.69, 9.17) is 11.6 Å². The lowest BCUT2D eigenvalue weighted by Crippen LogP contribution is -2.60. The Morgan fingerprint density at radius 3 is 2.47 bits per heavy atom. The monoisotopic (exact) mass is 551 g/mol. The quantitative estimate of drug-likeness (QED) is 0.349. The SMILES string of the molecule is O=C(Nc1cc(CC2(O)CNC2)cc2c1C(c1cc(F)ccc1Cl)NC2=O)c1cc(F)cc(C(F)(F)F)c1. The van der Waals surface area contributed by atoms with Crippen LogP contribution in [0, 0.1) is 11.6 Å². The second-order valence-electron chi connectivity index (χ2n) is 9.36. The average Bonchev–Trinajstić information content (AvgIpc) is 3.15. The van der Waals surface area contributed by atoms with Gasteiger partial charge in [-0.05, 0) is 54.1 Å². The number of carbonyl (C=O) groups excluding carboxylic acids is 2. The van der Waals surface area contributed by atoms with Gasteiger partial charge in [0.15, 0.2) is 0 Å². The Morgan fingerprint density at radius 2 is 1.82 bits per heavy atom. The van der Waals surface area contributed by atoms with E-state index in [1.54, 1.807) is 0 Å². The molecule has 4 N–H and O–H groups in total. The van der Waals surface area contributed by atoms with Crippen LogP contribution in [0.15, 0.2) is 48.5 Å². The van der Waals surface area contributed by atoms with E-state index in [0.717, 1.165) is 12.1 Å². The number of β-amino-alcohol motifs (C(OH)–C–C–N with tert-alkyl or cyclic N) is 1. The van der Waals surface area contributed by atoms with Crippen molar-refractivity contribution in [1.82, 2.24) is 10.6 Å². The first kappa shape index (κ1) is 26.1. The summed E-state index contributed by atoms with van der Waals surface area (Å²) in [5.74, 6) is -3.52. The van der Waals surface area contributed by atoms with Gasteiger partial charge >= 0.3 is 6.18 Å². The summed E-state index contributed by atoms with van der Waals surface area (Å²) >= 11 is 6.27. The molecule has 0 radical (unpaired) electrons. The number of benzene rings is 3. The van der Waals surface area contributed by atoms with Gasteiger partial charge in [0.2, 0.25) is 0 Å². The van der Waals surface area contributed by atoms with Crippen molar-refractivity contribution in [3.63, 3.8) is 0 Å². The van der Waals surface area contributed by atoms with E-state index in [0.29, 0.717) is 30.8 Å². The molecule has 1 atom stereocenters. The van der Waals surface area contributed by atoms with Crippen molar-refractivity contribution in [2.24, 2.45) is 0 Å². The van der Waals surface area contributed by atoms with Crippen LogP contribution in [0.3, 0.4) is 0 Å². The molecule has 0 aliphatic carbocycles. The van der Waals surface area contributed by atoms with E-state index in [9.17, 15) is 36.6 Å². The van der Waals surface area contributed by atoms with Crippen LogP contribution in [0.2, 0.25) is 5.02 Å². The van der Waals surface area contributed by atoms with Crippen molar-refractivity contribution in [2.75, 3.05) is 18.4 Å². The van der Waals surface area contributed by atoms with E-state index in [1.165, 1.54) is 18.2 Å².